The highest BCUT2D eigenvalue weighted by Crippen LogP contribution is 2.43. The molecule has 0 saturated carbocycles. The van der Waals surface area contributed by atoms with Crippen molar-refractivity contribution in [2.24, 2.45) is 0 Å². The molecule has 118 valence electrons. The van der Waals surface area contributed by atoms with Crippen molar-refractivity contribution < 1.29 is 14.3 Å². The highest BCUT2D eigenvalue weighted by atomic mass is 16.5. The van der Waals surface area contributed by atoms with Crippen LogP contribution in [0.5, 0.6) is 5.75 Å². The molecule has 2 aromatic carbocycles. The fourth-order valence-corrected chi connectivity index (χ4v) is 3.08. The van der Waals surface area contributed by atoms with Gasteiger partial charge >= 0.3 is 0 Å². The lowest BCUT2D eigenvalue weighted by Gasteiger charge is -2.44. The Hall–Kier alpha value is -2.33. The summed E-state index contributed by atoms with van der Waals surface area (Å²) in [5, 5.41) is 11.7. The Labute approximate surface area is 133 Å². The minimum absolute atomic E-state index is 0.0663. The zero-order valence-corrected chi connectivity index (χ0v) is 13.3. The smallest absolute Gasteiger partial charge is 0.200 e. The number of benzene rings is 2. The van der Waals surface area contributed by atoms with Crippen LogP contribution < -0.4 is 10.2 Å². The second-order valence-corrected chi connectivity index (χ2v) is 6.92. The minimum Gasteiger partial charge on any atom is -0.481 e. The number of para-hydroxylation sites is 1. The molecule has 1 aromatic heterocycles. The van der Waals surface area contributed by atoms with E-state index in [9.17, 15) is 9.90 Å². The molecule has 1 atom stereocenters. The van der Waals surface area contributed by atoms with Gasteiger partial charge in [-0.1, -0.05) is 18.2 Å². The summed E-state index contributed by atoms with van der Waals surface area (Å²) in [5.74, 6) is 0.557. The van der Waals surface area contributed by atoms with Crippen LogP contribution in [-0.4, -0.2) is 16.3 Å². The van der Waals surface area contributed by atoms with Gasteiger partial charge in [0.25, 0.3) is 0 Å². The topological polar surface area (TPSA) is 59.7 Å². The van der Waals surface area contributed by atoms with E-state index in [0.29, 0.717) is 34.1 Å². The second-order valence-electron chi connectivity index (χ2n) is 6.92. The van der Waals surface area contributed by atoms with Crippen molar-refractivity contribution in [3.05, 3.63) is 52.2 Å². The van der Waals surface area contributed by atoms with Crippen LogP contribution in [0, 0.1) is 0 Å². The first kappa shape index (κ1) is 14.3. The summed E-state index contributed by atoms with van der Waals surface area (Å²) in [6, 6.07) is 10.8. The molecule has 0 fully saturated rings. The van der Waals surface area contributed by atoms with Crippen LogP contribution in [0.25, 0.3) is 21.9 Å². The lowest BCUT2D eigenvalue weighted by Crippen LogP contribution is -2.55. The standard InChI is InChI=1S/C19H18O4/c1-18(2)19(3,21)10-11-8-9-13-15(20)12-6-4-5-7-14(12)22-17(13)16(11)23-18/h4-9,21H,10H2,1-3H3/t19-/m1/s1. The molecule has 2 heterocycles. The highest BCUT2D eigenvalue weighted by molar-refractivity contribution is 5.93. The number of hydrogen-bond donors (Lipinski definition) is 1. The molecule has 4 nitrogen and oxygen atoms in total. The molecule has 1 N–H and O–H groups in total. The largest absolute Gasteiger partial charge is 0.481 e. The fraction of sp³-hybridized carbons (Fsp3) is 0.316. The molecule has 4 heteroatoms. The summed E-state index contributed by atoms with van der Waals surface area (Å²) in [6.45, 7) is 5.44. The number of rotatable bonds is 0. The van der Waals surface area contributed by atoms with E-state index in [2.05, 4.69) is 0 Å². The quantitative estimate of drug-likeness (QED) is 0.646. The van der Waals surface area contributed by atoms with Crippen LogP contribution in [0.1, 0.15) is 26.3 Å². The molecule has 3 aromatic rings. The summed E-state index contributed by atoms with van der Waals surface area (Å²) in [6.07, 6.45) is 0.446. The monoisotopic (exact) mass is 310 g/mol. The number of aliphatic hydroxyl groups is 1. The minimum atomic E-state index is -0.995. The first-order chi connectivity index (χ1) is 10.8. The molecule has 4 rings (SSSR count). The van der Waals surface area contributed by atoms with Gasteiger partial charge in [0.15, 0.2) is 11.3 Å². The Morgan fingerprint density at radius 3 is 2.57 bits per heavy atom. The molecule has 0 bridgehead atoms. The Bertz CT molecular complexity index is 995. The maximum absolute atomic E-state index is 12.7. The number of ether oxygens (including phenoxy) is 1. The molecule has 23 heavy (non-hydrogen) atoms. The van der Waals surface area contributed by atoms with E-state index in [4.69, 9.17) is 9.15 Å². The molecular weight excluding hydrogens is 292 g/mol. The SMILES string of the molecule is CC1(C)Oc2c(ccc3c(=O)c4ccccc4oc23)C[C@@]1(C)O. The Morgan fingerprint density at radius 1 is 1.04 bits per heavy atom. The summed E-state index contributed by atoms with van der Waals surface area (Å²) >= 11 is 0. The van der Waals surface area contributed by atoms with Crippen molar-refractivity contribution in [1.82, 2.24) is 0 Å². The van der Waals surface area contributed by atoms with Gasteiger partial charge in [0.1, 0.15) is 16.8 Å². The maximum atomic E-state index is 12.7. The molecule has 0 saturated heterocycles. The zero-order valence-electron chi connectivity index (χ0n) is 13.3. The van der Waals surface area contributed by atoms with Crippen molar-refractivity contribution in [2.45, 2.75) is 38.4 Å². The van der Waals surface area contributed by atoms with E-state index in [0.717, 1.165) is 5.56 Å². The summed E-state index contributed by atoms with van der Waals surface area (Å²) < 4.78 is 12.0. The van der Waals surface area contributed by atoms with E-state index in [-0.39, 0.29) is 5.43 Å². The van der Waals surface area contributed by atoms with E-state index in [1.807, 2.05) is 32.0 Å². The van der Waals surface area contributed by atoms with Crippen LogP contribution in [0.3, 0.4) is 0 Å². The van der Waals surface area contributed by atoms with E-state index >= 15 is 0 Å². The van der Waals surface area contributed by atoms with Crippen molar-refractivity contribution in [2.75, 3.05) is 0 Å². The normalized spacial score (nSPS) is 22.8. The molecule has 1 aliphatic heterocycles. The van der Waals surface area contributed by atoms with Gasteiger partial charge in [0, 0.05) is 12.0 Å². The lowest BCUT2D eigenvalue weighted by molar-refractivity contribution is -0.114. The summed E-state index contributed by atoms with van der Waals surface area (Å²) in [7, 11) is 0. The predicted octanol–water partition coefficient (Wildman–Crippen LogP) is 3.41. The number of fused-ring (bicyclic) bond motifs is 4. The van der Waals surface area contributed by atoms with E-state index < -0.39 is 11.2 Å². The van der Waals surface area contributed by atoms with Gasteiger partial charge in [0.2, 0.25) is 5.43 Å². The van der Waals surface area contributed by atoms with E-state index in [1.54, 1.807) is 25.1 Å². The van der Waals surface area contributed by atoms with E-state index in [1.165, 1.54) is 0 Å². The molecule has 0 amide bonds. The van der Waals surface area contributed by atoms with Gasteiger partial charge in [-0.2, -0.15) is 0 Å². The van der Waals surface area contributed by atoms with Crippen molar-refractivity contribution in [3.8, 4) is 5.75 Å². The van der Waals surface area contributed by atoms with Gasteiger partial charge in [-0.05, 0) is 39.0 Å². The average Bonchev–Trinajstić information content (AvgIpc) is 2.49. The first-order valence-corrected chi connectivity index (χ1v) is 7.69. The third kappa shape index (κ3) is 1.91. The second kappa shape index (κ2) is 4.36. The first-order valence-electron chi connectivity index (χ1n) is 7.69. The van der Waals surface area contributed by atoms with Crippen molar-refractivity contribution in [3.63, 3.8) is 0 Å². The third-order valence-electron chi connectivity index (χ3n) is 4.97. The predicted molar refractivity (Wildman–Crippen MR) is 89.0 cm³/mol. The summed E-state index contributed by atoms with van der Waals surface area (Å²) in [4.78, 5) is 12.7. The van der Waals surface area contributed by atoms with Crippen LogP contribution >= 0.6 is 0 Å². The molecule has 1 aliphatic rings. The van der Waals surface area contributed by atoms with Crippen LogP contribution in [0.15, 0.2) is 45.6 Å². The maximum Gasteiger partial charge on any atom is 0.200 e. The summed E-state index contributed by atoms with van der Waals surface area (Å²) in [5.41, 5.74) is -0.000821. The van der Waals surface area contributed by atoms with Crippen LogP contribution in [0.4, 0.5) is 0 Å². The number of hydrogen-bond acceptors (Lipinski definition) is 4. The van der Waals surface area contributed by atoms with Gasteiger partial charge in [-0.25, -0.2) is 0 Å². The Morgan fingerprint density at radius 2 is 1.78 bits per heavy atom. The van der Waals surface area contributed by atoms with Crippen LogP contribution in [0.2, 0.25) is 0 Å². The Balaban J connectivity index is 2.09. The molecule has 0 radical (unpaired) electrons. The van der Waals surface area contributed by atoms with Gasteiger partial charge in [-0.3, -0.25) is 4.79 Å². The molecule has 0 aliphatic carbocycles. The lowest BCUT2D eigenvalue weighted by atomic mass is 9.79. The molecule has 0 spiro atoms. The third-order valence-corrected chi connectivity index (χ3v) is 4.97. The molecule has 0 unspecified atom stereocenters. The van der Waals surface area contributed by atoms with Gasteiger partial charge in [0.05, 0.1) is 10.8 Å². The van der Waals surface area contributed by atoms with Crippen LogP contribution in [-0.2, 0) is 6.42 Å². The van der Waals surface area contributed by atoms with Crippen molar-refractivity contribution >= 4 is 21.9 Å². The Kier molecular flexibility index (Phi) is 2.70. The zero-order chi connectivity index (χ0) is 16.4. The van der Waals surface area contributed by atoms with Gasteiger partial charge < -0.3 is 14.3 Å². The highest BCUT2D eigenvalue weighted by Gasteiger charge is 2.46. The average molecular weight is 310 g/mol. The fourth-order valence-electron chi connectivity index (χ4n) is 3.08. The van der Waals surface area contributed by atoms with Gasteiger partial charge in [-0.15, -0.1) is 0 Å². The van der Waals surface area contributed by atoms with Crippen molar-refractivity contribution in [1.29, 1.82) is 0 Å². The molecular formula is C19H18O4.